The fourth-order valence-corrected chi connectivity index (χ4v) is 18.1. The van der Waals surface area contributed by atoms with E-state index in [0.29, 0.717) is 77.5 Å². The van der Waals surface area contributed by atoms with Crippen molar-refractivity contribution in [3.05, 3.63) is 0 Å². The first-order chi connectivity index (χ1) is 58.1. The van der Waals surface area contributed by atoms with Crippen LogP contribution in [0.1, 0.15) is 406 Å². The van der Waals surface area contributed by atoms with Gasteiger partial charge in [-0.1, -0.05) is 132 Å². The fourth-order valence-electron chi connectivity index (χ4n) is 18.1. The molecule has 4 spiro atoms. The number of carbonyl (C=O) groups excluding carboxylic acids is 5. The minimum Gasteiger partial charge on any atom is -0.462 e. The largest absolute Gasteiger partial charge is 0.462 e. The summed E-state index contributed by atoms with van der Waals surface area (Å²) in [4.78, 5) is 57.9. The molecule has 0 radical (unpaired) electrons. The van der Waals surface area contributed by atoms with Crippen molar-refractivity contribution < 1.29 is 89.2 Å². The Bertz CT molecular complexity index is 2770. The first-order valence-electron chi connectivity index (χ1n) is 50.0. The van der Waals surface area contributed by atoms with Crippen molar-refractivity contribution in [1.82, 2.24) is 0 Å². The summed E-state index contributed by atoms with van der Waals surface area (Å²) in [6.07, 6.45) is 21.3. The Morgan fingerprint density at radius 1 is 0.331 bits per heavy atom. The van der Waals surface area contributed by atoms with Crippen LogP contribution < -0.4 is 0 Å². The zero-order valence-electron chi connectivity index (χ0n) is 87.7. The maximum absolute atomic E-state index is 11.8. The molecular formula is C106H199ClF3NO16. The van der Waals surface area contributed by atoms with Gasteiger partial charge in [-0.05, 0) is 338 Å². The molecule has 26 atom stereocenters. The Labute approximate surface area is 782 Å². The van der Waals surface area contributed by atoms with E-state index in [0.717, 1.165) is 156 Å². The number of alkyl halides is 4. The highest BCUT2D eigenvalue weighted by molar-refractivity contribution is 6.20. The van der Waals surface area contributed by atoms with Crippen LogP contribution in [0.25, 0.3) is 0 Å². The molecule has 0 amide bonds. The number of carbonyl (C=O) groups is 5. The van der Waals surface area contributed by atoms with Crippen LogP contribution >= 0.6 is 11.6 Å². The van der Waals surface area contributed by atoms with E-state index < -0.39 is 18.5 Å². The van der Waals surface area contributed by atoms with Gasteiger partial charge in [0, 0.05) is 49.2 Å². The molecular weight excluding hydrogens is 1640 g/mol. The number of ether oxygens (including phenoxy) is 11. The SMILES string of the molecule is C.CC(C)C.CC(C)C#N.CC(C)Cl.CC(C)F.CC(F)C(C)F.CC1CCC2(CC1)CC(C)OC2=O.CC1CCC2(CC1)CC(C)OC2=O.CC1CCC2(CCC(C)OC2=O)C1.CC1CCC2(CCC(C)OC2=O)C1.CC1COC(C)C(C)C1C.CC1COC(C)C(C)C1C.CC1OC(=O)C(C)C(C)C1C.CC1OC(C)C(C)C(C)O1.CC1OC(C)C(C)C(C)O1. The first-order valence-corrected chi connectivity index (χ1v) is 50.4. The van der Waals surface area contributed by atoms with E-state index in [2.05, 4.69) is 159 Å². The van der Waals surface area contributed by atoms with Crippen LogP contribution in [0.2, 0.25) is 0 Å². The molecule has 13 aliphatic rings. The summed E-state index contributed by atoms with van der Waals surface area (Å²) in [5.41, 5.74) is -0.310. The lowest BCUT2D eigenvalue weighted by molar-refractivity contribution is -0.248. The maximum atomic E-state index is 11.8. The second-order valence-electron chi connectivity index (χ2n) is 43.3. The van der Waals surface area contributed by atoms with Gasteiger partial charge in [0.25, 0.3) is 0 Å². The van der Waals surface area contributed by atoms with Crippen LogP contribution in [-0.4, -0.2) is 147 Å². The molecule has 17 nitrogen and oxygen atoms in total. The van der Waals surface area contributed by atoms with Gasteiger partial charge in [0.2, 0.25) is 0 Å². The zero-order chi connectivity index (χ0) is 97.6. The van der Waals surface area contributed by atoms with Gasteiger partial charge < -0.3 is 52.1 Å². The predicted octanol–water partition coefficient (Wildman–Crippen LogP) is 28.3. The van der Waals surface area contributed by atoms with Crippen LogP contribution in [0, 0.1) is 134 Å². The molecule has 0 aromatic rings. The second-order valence-corrected chi connectivity index (χ2v) is 44.1. The molecule has 26 unspecified atom stereocenters. The normalized spacial score (nSPS) is 40.0. The monoisotopic (exact) mass is 1830 g/mol. The number of hydrogen-bond acceptors (Lipinski definition) is 17. The highest BCUT2D eigenvalue weighted by Crippen LogP contribution is 2.52. The summed E-state index contributed by atoms with van der Waals surface area (Å²) in [6, 6.07) is 2.03. The van der Waals surface area contributed by atoms with Crippen molar-refractivity contribution in [2.45, 2.75) is 509 Å². The number of halogens is 4. The van der Waals surface area contributed by atoms with Crippen molar-refractivity contribution in [3.63, 3.8) is 0 Å². The van der Waals surface area contributed by atoms with E-state index in [1.807, 2.05) is 89.2 Å². The number of rotatable bonds is 1. The smallest absolute Gasteiger partial charge is 0.312 e. The number of nitrogens with zero attached hydrogens (tertiary/aromatic N) is 1. The van der Waals surface area contributed by atoms with E-state index in [1.54, 1.807) is 0 Å². The maximum Gasteiger partial charge on any atom is 0.312 e. The highest BCUT2D eigenvalue weighted by Gasteiger charge is 2.52. The van der Waals surface area contributed by atoms with Crippen LogP contribution in [0.4, 0.5) is 13.2 Å². The lowest BCUT2D eigenvalue weighted by Crippen LogP contribution is -2.40. The molecule has 21 heteroatoms. The third-order valence-corrected chi connectivity index (χ3v) is 29.2. The van der Waals surface area contributed by atoms with Gasteiger partial charge in [0.05, 0.1) is 88.7 Å². The van der Waals surface area contributed by atoms with Gasteiger partial charge in [-0.25, -0.2) is 13.2 Å². The van der Waals surface area contributed by atoms with Gasteiger partial charge in [-0.2, -0.15) is 5.26 Å². The number of hydrogen-bond donors (Lipinski definition) is 0. The lowest BCUT2D eigenvalue weighted by atomic mass is 9.69. The second kappa shape index (κ2) is 61.6. The molecule has 13 rings (SSSR count). The Balaban J connectivity index is 0. The molecule has 752 valence electrons. The topological polar surface area (TPSA) is 211 Å². The van der Waals surface area contributed by atoms with E-state index in [9.17, 15) is 37.1 Å². The van der Waals surface area contributed by atoms with Crippen molar-refractivity contribution in [3.8, 4) is 6.07 Å². The summed E-state index contributed by atoms with van der Waals surface area (Å²) in [5, 5.41) is 8.20. The third-order valence-electron chi connectivity index (χ3n) is 29.2. The lowest BCUT2D eigenvalue weighted by Gasteiger charge is -2.36. The Morgan fingerprint density at radius 2 is 0.559 bits per heavy atom. The summed E-state index contributed by atoms with van der Waals surface area (Å²) in [5.74, 6) is 10.9. The van der Waals surface area contributed by atoms with Crippen LogP contribution in [-0.2, 0) is 76.1 Å². The minimum absolute atomic E-state index is 0. The standard InChI is InChI=1S/4C11H18O2.C9H16O2.2C9H18O.2C8H16O2.C4H8F2.C4H7N.C4H10.C3H7Cl.C3H7F.CH4/c2*1-8-3-5-11(7-8)6-4-9(2)13-10(11)12;2*1-8-3-5-11(6-4-8)7-9(2)13-10(11)12;1-5-6(2)8(4)11-9(10)7(5)3;2*1-6-5-10-9(4)8(3)7(6)2;2*1-5-6(2)9-8(4)10-7(5)3;1-3(5)4(2)6;1-4(2)3-5;1-4(2)3;2*1-3(2)4;/h4*8-9H,3-7H2,1-2H3;5-8H,1-4H3;2*6-9H,5H2,1-4H3;2*5-8H,1-4H3;3-4H,1-2H3;4H,1-2H3;4H,1-3H3;2*3H,1-2H3;1H4. The van der Waals surface area contributed by atoms with Crippen LogP contribution in [0.15, 0.2) is 0 Å². The number of nitriles is 1. The summed E-state index contributed by atoms with van der Waals surface area (Å²) >= 11 is 5.27. The van der Waals surface area contributed by atoms with E-state index in [-0.39, 0.29) is 114 Å². The zero-order valence-corrected chi connectivity index (χ0v) is 88.4. The highest BCUT2D eigenvalue weighted by atomic mass is 35.5. The van der Waals surface area contributed by atoms with E-state index in [1.165, 1.54) is 66.2 Å². The molecule has 13 fully saturated rings. The molecule has 0 bridgehead atoms. The molecule has 0 aromatic carbocycles. The van der Waals surface area contributed by atoms with Gasteiger partial charge in [0.15, 0.2) is 12.6 Å². The van der Waals surface area contributed by atoms with Gasteiger partial charge in [-0.15, -0.1) is 11.6 Å². The predicted molar refractivity (Wildman–Crippen MR) is 515 cm³/mol. The Hall–Kier alpha value is -3.32. The van der Waals surface area contributed by atoms with Crippen LogP contribution in [0.3, 0.4) is 0 Å². The quantitative estimate of drug-likeness (QED) is 0.136. The molecule has 9 heterocycles. The minimum atomic E-state index is -1.31. The molecule has 4 aliphatic carbocycles. The molecule has 0 N–H and O–H groups in total. The number of cyclic esters (lactones) is 5. The summed E-state index contributed by atoms with van der Waals surface area (Å²) in [7, 11) is 0. The molecule has 4 saturated carbocycles. The third kappa shape index (κ3) is 46.2. The molecule has 0 aromatic heterocycles. The van der Waals surface area contributed by atoms with E-state index in [4.69, 9.17) is 69.0 Å². The summed E-state index contributed by atoms with van der Waals surface area (Å²) in [6.45, 7) is 81.2. The molecule has 9 saturated heterocycles. The van der Waals surface area contributed by atoms with Crippen molar-refractivity contribution in [1.29, 1.82) is 5.26 Å². The average molecular weight is 1840 g/mol. The van der Waals surface area contributed by atoms with E-state index >= 15 is 0 Å². The molecule has 9 aliphatic heterocycles. The van der Waals surface area contributed by atoms with Crippen LogP contribution in [0.5, 0.6) is 0 Å². The Kier molecular flexibility index (Phi) is 61.0. The van der Waals surface area contributed by atoms with Crippen molar-refractivity contribution >= 4 is 41.4 Å². The number of esters is 5. The van der Waals surface area contributed by atoms with Crippen molar-refractivity contribution in [2.24, 2.45) is 122 Å². The summed E-state index contributed by atoms with van der Waals surface area (Å²) < 4.78 is 93.1. The average Bonchev–Trinajstić information content (AvgIpc) is 1.68. The van der Waals surface area contributed by atoms with Gasteiger partial charge in [0.1, 0.15) is 30.7 Å². The van der Waals surface area contributed by atoms with Gasteiger partial charge in [-0.3, -0.25) is 24.0 Å². The van der Waals surface area contributed by atoms with Crippen molar-refractivity contribution in [2.75, 3.05) is 13.2 Å². The Morgan fingerprint density at radius 3 is 0.772 bits per heavy atom. The first kappa shape index (κ1) is 126. The van der Waals surface area contributed by atoms with Gasteiger partial charge >= 0.3 is 29.8 Å². The molecule has 127 heavy (non-hydrogen) atoms. The fraction of sp³-hybridized carbons (Fsp3) is 0.943.